The predicted octanol–water partition coefficient (Wildman–Crippen LogP) is 2.86. The average molecular weight is 266 g/mol. The SMILES string of the molecule is CC(=O)SCCC=Cc1ccc(N)cc1[N+](=O)[O-]. The van der Waals surface area contributed by atoms with Crippen LogP contribution >= 0.6 is 11.8 Å². The fourth-order valence-electron chi connectivity index (χ4n) is 1.34. The Bertz CT molecular complexity index is 486. The zero-order valence-corrected chi connectivity index (χ0v) is 10.8. The number of allylic oxidation sites excluding steroid dienone is 1. The normalized spacial score (nSPS) is 10.7. The van der Waals surface area contributed by atoms with Crippen LogP contribution in [0.1, 0.15) is 18.9 Å². The van der Waals surface area contributed by atoms with E-state index in [0.29, 0.717) is 23.4 Å². The molecule has 0 bridgehead atoms. The molecule has 0 spiro atoms. The third kappa shape index (κ3) is 4.58. The number of nitrogens with zero attached hydrogens (tertiary/aromatic N) is 1. The van der Waals surface area contributed by atoms with Crippen molar-refractivity contribution in [3.8, 4) is 0 Å². The molecule has 0 fully saturated rings. The summed E-state index contributed by atoms with van der Waals surface area (Å²) in [6.07, 6.45) is 4.18. The highest BCUT2D eigenvalue weighted by molar-refractivity contribution is 8.13. The number of benzene rings is 1. The second kappa shape index (κ2) is 6.80. The number of thioether (sulfide) groups is 1. The molecule has 0 heterocycles. The fourth-order valence-corrected chi connectivity index (χ4v) is 1.88. The van der Waals surface area contributed by atoms with Gasteiger partial charge in [-0.15, -0.1) is 0 Å². The second-order valence-electron chi connectivity index (χ2n) is 3.61. The van der Waals surface area contributed by atoms with Crippen molar-refractivity contribution in [3.63, 3.8) is 0 Å². The summed E-state index contributed by atoms with van der Waals surface area (Å²) < 4.78 is 0. The van der Waals surface area contributed by atoms with Crippen molar-refractivity contribution in [2.45, 2.75) is 13.3 Å². The minimum atomic E-state index is -0.458. The summed E-state index contributed by atoms with van der Waals surface area (Å²) in [6, 6.07) is 4.57. The molecule has 0 unspecified atom stereocenters. The number of carbonyl (C=O) groups excluding carboxylic acids is 1. The van der Waals surface area contributed by atoms with Gasteiger partial charge < -0.3 is 5.73 Å². The standard InChI is InChI=1S/C12H14N2O3S/c1-9(15)18-7-3-2-4-10-5-6-11(13)8-12(10)14(16)17/h2,4-6,8H,3,7,13H2,1H3. The molecular formula is C12H14N2O3S. The summed E-state index contributed by atoms with van der Waals surface area (Å²) in [5, 5.41) is 10.9. The van der Waals surface area contributed by atoms with E-state index in [1.54, 1.807) is 18.2 Å². The largest absolute Gasteiger partial charge is 0.399 e. The van der Waals surface area contributed by atoms with E-state index in [9.17, 15) is 14.9 Å². The molecular weight excluding hydrogens is 252 g/mol. The first kappa shape index (κ1) is 14.2. The van der Waals surface area contributed by atoms with E-state index in [0.717, 1.165) is 0 Å². The first-order valence-corrected chi connectivity index (χ1v) is 6.33. The zero-order valence-electron chi connectivity index (χ0n) is 9.96. The molecule has 6 heteroatoms. The Labute approximate surface area is 109 Å². The minimum absolute atomic E-state index is 0.00882. The van der Waals surface area contributed by atoms with E-state index in [1.165, 1.54) is 24.8 Å². The Balaban J connectivity index is 2.69. The van der Waals surface area contributed by atoms with Gasteiger partial charge in [-0.25, -0.2) is 0 Å². The fraction of sp³-hybridized carbons (Fsp3) is 0.250. The number of nitrogens with two attached hydrogens (primary N) is 1. The number of carbonyl (C=O) groups is 1. The van der Waals surface area contributed by atoms with Gasteiger partial charge in [-0.05, 0) is 18.6 Å². The van der Waals surface area contributed by atoms with Crippen molar-refractivity contribution in [1.29, 1.82) is 0 Å². The monoisotopic (exact) mass is 266 g/mol. The van der Waals surface area contributed by atoms with Gasteiger partial charge in [0.15, 0.2) is 5.12 Å². The van der Waals surface area contributed by atoms with Crippen LogP contribution in [0.3, 0.4) is 0 Å². The predicted molar refractivity (Wildman–Crippen MR) is 74.3 cm³/mol. The van der Waals surface area contributed by atoms with Gasteiger partial charge in [0.05, 0.1) is 10.5 Å². The molecule has 0 radical (unpaired) electrons. The highest BCUT2D eigenvalue weighted by atomic mass is 32.2. The van der Waals surface area contributed by atoms with E-state index in [4.69, 9.17) is 5.73 Å². The maximum absolute atomic E-state index is 10.8. The average Bonchev–Trinajstić information content (AvgIpc) is 2.29. The van der Waals surface area contributed by atoms with E-state index in [2.05, 4.69) is 0 Å². The van der Waals surface area contributed by atoms with Crippen LogP contribution in [0.5, 0.6) is 0 Å². The number of rotatable bonds is 5. The maximum atomic E-state index is 10.8. The van der Waals surface area contributed by atoms with Crippen LogP contribution in [-0.2, 0) is 4.79 Å². The zero-order chi connectivity index (χ0) is 13.5. The molecule has 0 atom stereocenters. The van der Waals surface area contributed by atoms with Crippen molar-refractivity contribution in [3.05, 3.63) is 40.0 Å². The van der Waals surface area contributed by atoms with Crippen molar-refractivity contribution >= 4 is 34.3 Å². The lowest BCUT2D eigenvalue weighted by Gasteiger charge is -1.99. The lowest BCUT2D eigenvalue weighted by Crippen LogP contribution is -1.94. The molecule has 5 nitrogen and oxygen atoms in total. The van der Waals surface area contributed by atoms with Gasteiger partial charge in [0.2, 0.25) is 0 Å². The molecule has 1 aromatic carbocycles. The maximum Gasteiger partial charge on any atom is 0.278 e. The Hall–Kier alpha value is -1.82. The summed E-state index contributed by atoms with van der Waals surface area (Å²) in [5.41, 5.74) is 6.38. The highest BCUT2D eigenvalue weighted by Gasteiger charge is 2.11. The van der Waals surface area contributed by atoms with Crippen molar-refractivity contribution in [2.24, 2.45) is 0 Å². The van der Waals surface area contributed by atoms with E-state index < -0.39 is 4.92 Å². The van der Waals surface area contributed by atoms with Crippen molar-refractivity contribution < 1.29 is 9.72 Å². The molecule has 1 rings (SSSR count). The number of hydrogen-bond acceptors (Lipinski definition) is 5. The van der Waals surface area contributed by atoms with Crippen LogP contribution in [0, 0.1) is 10.1 Å². The minimum Gasteiger partial charge on any atom is -0.399 e. The number of hydrogen-bond donors (Lipinski definition) is 1. The summed E-state index contributed by atoms with van der Waals surface area (Å²) >= 11 is 1.24. The third-order valence-corrected chi connectivity index (χ3v) is 2.98. The Kier molecular flexibility index (Phi) is 5.38. The quantitative estimate of drug-likeness (QED) is 0.383. The Morgan fingerprint density at radius 1 is 1.56 bits per heavy atom. The van der Waals surface area contributed by atoms with Gasteiger partial charge in [-0.2, -0.15) is 0 Å². The molecule has 0 aliphatic heterocycles. The summed E-state index contributed by atoms with van der Waals surface area (Å²) in [4.78, 5) is 21.1. The Morgan fingerprint density at radius 3 is 2.89 bits per heavy atom. The van der Waals surface area contributed by atoms with Crippen LogP contribution in [0.4, 0.5) is 11.4 Å². The highest BCUT2D eigenvalue weighted by Crippen LogP contribution is 2.23. The summed E-state index contributed by atoms with van der Waals surface area (Å²) in [6.45, 7) is 1.51. The molecule has 18 heavy (non-hydrogen) atoms. The lowest BCUT2D eigenvalue weighted by molar-refractivity contribution is -0.385. The number of nitro groups is 1. The van der Waals surface area contributed by atoms with Crippen molar-refractivity contribution in [2.75, 3.05) is 11.5 Å². The van der Waals surface area contributed by atoms with Crippen LogP contribution in [-0.4, -0.2) is 15.8 Å². The van der Waals surface area contributed by atoms with E-state index in [-0.39, 0.29) is 10.8 Å². The molecule has 0 aliphatic carbocycles. The van der Waals surface area contributed by atoms with Gasteiger partial charge in [-0.3, -0.25) is 14.9 Å². The smallest absolute Gasteiger partial charge is 0.278 e. The van der Waals surface area contributed by atoms with Crippen LogP contribution in [0.2, 0.25) is 0 Å². The number of anilines is 1. The van der Waals surface area contributed by atoms with Gasteiger partial charge in [0, 0.05) is 24.4 Å². The molecule has 1 aromatic rings. The molecule has 2 N–H and O–H groups in total. The summed E-state index contributed by atoms with van der Waals surface area (Å²) in [5.74, 6) is 0.675. The molecule has 0 saturated carbocycles. The Morgan fingerprint density at radius 2 is 2.28 bits per heavy atom. The van der Waals surface area contributed by atoms with E-state index in [1.807, 2.05) is 6.08 Å². The first-order chi connectivity index (χ1) is 8.50. The summed E-state index contributed by atoms with van der Waals surface area (Å²) in [7, 11) is 0. The molecule has 96 valence electrons. The van der Waals surface area contributed by atoms with Gasteiger partial charge in [0.1, 0.15) is 0 Å². The van der Waals surface area contributed by atoms with Crippen LogP contribution in [0.25, 0.3) is 6.08 Å². The number of nitrogen functional groups attached to an aromatic ring is 1. The molecule has 0 aromatic heterocycles. The van der Waals surface area contributed by atoms with Crippen LogP contribution in [0.15, 0.2) is 24.3 Å². The third-order valence-electron chi connectivity index (χ3n) is 2.14. The van der Waals surface area contributed by atoms with Gasteiger partial charge in [-0.1, -0.05) is 23.9 Å². The van der Waals surface area contributed by atoms with Gasteiger partial charge in [0.25, 0.3) is 5.69 Å². The van der Waals surface area contributed by atoms with E-state index >= 15 is 0 Å². The first-order valence-electron chi connectivity index (χ1n) is 5.34. The second-order valence-corrected chi connectivity index (χ2v) is 4.88. The lowest BCUT2D eigenvalue weighted by atomic mass is 10.1. The van der Waals surface area contributed by atoms with Crippen LogP contribution < -0.4 is 5.73 Å². The molecule has 0 amide bonds. The molecule has 0 saturated heterocycles. The topological polar surface area (TPSA) is 86.2 Å². The van der Waals surface area contributed by atoms with Gasteiger partial charge >= 0.3 is 0 Å². The number of nitro benzene ring substituents is 1. The molecule has 0 aliphatic rings. The van der Waals surface area contributed by atoms with Crippen molar-refractivity contribution in [1.82, 2.24) is 0 Å².